The summed E-state index contributed by atoms with van der Waals surface area (Å²) >= 11 is 0. The van der Waals surface area contributed by atoms with E-state index in [2.05, 4.69) is 59.3 Å². The summed E-state index contributed by atoms with van der Waals surface area (Å²) in [5.41, 5.74) is 3.18. The molecule has 2 aromatic rings. The predicted octanol–water partition coefficient (Wildman–Crippen LogP) is 5.61. The third kappa shape index (κ3) is 6.32. The van der Waals surface area contributed by atoms with Crippen LogP contribution in [0.4, 0.5) is 5.69 Å². The molecule has 6 heteroatoms. The number of fused-ring (bicyclic) bond motifs is 1. The van der Waals surface area contributed by atoms with Gasteiger partial charge in [0.15, 0.2) is 9.84 Å². The van der Waals surface area contributed by atoms with Gasteiger partial charge in [-0.2, -0.15) is 0 Å². The number of aliphatic hydroxyl groups is 1. The fourth-order valence-corrected chi connectivity index (χ4v) is 8.01. The molecule has 0 unspecified atom stereocenters. The van der Waals surface area contributed by atoms with Crippen molar-refractivity contribution in [2.75, 3.05) is 45.9 Å². The van der Waals surface area contributed by atoms with Gasteiger partial charge in [-0.15, -0.1) is 0 Å². The summed E-state index contributed by atoms with van der Waals surface area (Å²) in [5.74, 6) is -0.400. The van der Waals surface area contributed by atoms with E-state index in [1.165, 1.54) is 5.56 Å². The van der Waals surface area contributed by atoms with Gasteiger partial charge in [-0.3, -0.25) is 0 Å². The maximum Gasteiger partial charge on any atom is 0.179 e. The molecule has 3 rings (SSSR count). The molecule has 1 heterocycles. The zero-order valence-corrected chi connectivity index (χ0v) is 24.2. The third-order valence-electron chi connectivity index (χ3n) is 7.62. The van der Waals surface area contributed by atoms with Crippen LogP contribution in [0.3, 0.4) is 0 Å². The Bertz CT molecular complexity index is 1130. The zero-order chi connectivity index (χ0) is 26.7. The average molecular weight is 516 g/mol. The number of quaternary nitrogens is 1. The molecular formula is C30H47N2O3S+. The van der Waals surface area contributed by atoms with E-state index in [1.807, 2.05) is 31.1 Å². The summed E-state index contributed by atoms with van der Waals surface area (Å²) in [5, 5.41) is 12.3. The van der Waals surface area contributed by atoms with Crippen molar-refractivity contribution in [2.24, 2.45) is 5.41 Å². The first-order valence-corrected chi connectivity index (χ1v) is 15.1. The van der Waals surface area contributed by atoms with Gasteiger partial charge in [0.25, 0.3) is 0 Å². The molecule has 36 heavy (non-hydrogen) atoms. The molecule has 0 saturated carbocycles. The van der Waals surface area contributed by atoms with E-state index >= 15 is 0 Å². The largest absolute Gasteiger partial charge is 0.392 e. The smallest absolute Gasteiger partial charge is 0.179 e. The highest BCUT2D eigenvalue weighted by atomic mass is 32.2. The van der Waals surface area contributed by atoms with E-state index in [0.717, 1.165) is 53.5 Å². The minimum Gasteiger partial charge on any atom is -0.392 e. The zero-order valence-electron chi connectivity index (χ0n) is 23.4. The second kappa shape index (κ2) is 11.2. The summed E-state index contributed by atoms with van der Waals surface area (Å²) < 4.78 is 28.7. The first-order chi connectivity index (χ1) is 16.8. The number of unbranched alkanes of at least 4 members (excludes halogenated alkanes) is 2. The van der Waals surface area contributed by atoms with Crippen LogP contribution in [-0.2, 0) is 16.4 Å². The molecular weight excluding hydrogens is 468 g/mol. The summed E-state index contributed by atoms with van der Waals surface area (Å²) in [6.45, 7) is 5.13. The second-order valence-electron chi connectivity index (χ2n) is 12.1. The fourth-order valence-electron chi connectivity index (χ4n) is 5.82. The number of nitrogens with zero attached hydrogens (tertiary/aromatic N) is 2. The SMILES string of the molecule is CCCCC1(CCCC)CS(=O)(=O)c2ccc(N(C)C)cc2[C@@H](c2cccc(C[N+](C)(C)C)c2)[C@H]1O. The quantitative estimate of drug-likeness (QED) is 0.418. The molecule has 2 atom stereocenters. The highest BCUT2D eigenvalue weighted by Crippen LogP contribution is 2.50. The molecule has 5 nitrogen and oxygen atoms in total. The fraction of sp³-hybridized carbons (Fsp3) is 0.600. The topological polar surface area (TPSA) is 57.6 Å². The van der Waals surface area contributed by atoms with Crippen molar-refractivity contribution < 1.29 is 18.0 Å². The van der Waals surface area contributed by atoms with Crippen LogP contribution in [0.25, 0.3) is 0 Å². The average Bonchev–Trinajstić information content (AvgIpc) is 2.86. The lowest BCUT2D eigenvalue weighted by Gasteiger charge is -2.40. The van der Waals surface area contributed by atoms with Crippen LogP contribution in [0, 0.1) is 5.41 Å². The van der Waals surface area contributed by atoms with Gasteiger partial charge in [0.1, 0.15) is 6.54 Å². The number of benzene rings is 2. The van der Waals surface area contributed by atoms with Crippen molar-refractivity contribution in [1.29, 1.82) is 0 Å². The molecule has 2 aromatic carbocycles. The van der Waals surface area contributed by atoms with Gasteiger partial charge in [0.2, 0.25) is 0 Å². The molecule has 0 radical (unpaired) electrons. The number of hydrogen-bond donors (Lipinski definition) is 1. The van der Waals surface area contributed by atoms with Crippen molar-refractivity contribution in [3.05, 3.63) is 59.2 Å². The minimum atomic E-state index is -3.58. The Morgan fingerprint density at radius 2 is 1.64 bits per heavy atom. The highest BCUT2D eigenvalue weighted by Gasteiger charge is 2.49. The van der Waals surface area contributed by atoms with Crippen molar-refractivity contribution in [2.45, 2.75) is 75.8 Å². The van der Waals surface area contributed by atoms with Crippen LogP contribution >= 0.6 is 0 Å². The van der Waals surface area contributed by atoms with E-state index in [4.69, 9.17) is 0 Å². The summed E-state index contributed by atoms with van der Waals surface area (Å²) in [4.78, 5) is 2.37. The molecule has 200 valence electrons. The van der Waals surface area contributed by atoms with Gasteiger partial charge in [0.05, 0.1) is 37.9 Å². The third-order valence-corrected chi connectivity index (χ3v) is 9.62. The maximum absolute atomic E-state index is 14.0. The van der Waals surface area contributed by atoms with Crippen LogP contribution < -0.4 is 4.90 Å². The van der Waals surface area contributed by atoms with E-state index < -0.39 is 27.3 Å². The Balaban J connectivity index is 2.30. The van der Waals surface area contributed by atoms with Crippen molar-refractivity contribution in [3.63, 3.8) is 0 Å². The predicted molar refractivity (Wildman–Crippen MR) is 150 cm³/mol. The number of rotatable bonds is 10. The lowest BCUT2D eigenvalue weighted by molar-refractivity contribution is -0.884. The van der Waals surface area contributed by atoms with E-state index in [-0.39, 0.29) is 5.75 Å². The van der Waals surface area contributed by atoms with Gasteiger partial charge in [-0.25, -0.2) is 8.42 Å². The molecule has 1 aliphatic rings. The molecule has 0 spiro atoms. The Morgan fingerprint density at radius 3 is 2.19 bits per heavy atom. The Hall–Kier alpha value is -1.89. The van der Waals surface area contributed by atoms with E-state index in [1.54, 1.807) is 6.07 Å². The standard InChI is InChI=1S/C30H47N2O3S/c1-8-10-17-30(18-11-9-2)22-36(34,35)27-16-15-25(31(3)4)20-26(27)28(29(30)33)24-14-12-13-23(19-24)21-32(5,6)7/h12-16,19-20,28-29,33H,8-11,17-18,21-22H2,1-7H3/q+1/t28-,29-/m1/s1. The molecule has 0 saturated heterocycles. The normalized spacial score (nSPS) is 21.0. The molecule has 1 aliphatic heterocycles. The van der Waals surface area contributed by atoms with Gasteiger partial charge in [-0.05, 0) is 48.2 Å². The monoisotopic (exact) mass is 515 g/mol. The Morgan fingerprint density at radius 1 is 1.00 bits per heavy atom. The molecule has 0 fully saturated rings. The van der Waals surface area contributed by atoms with Crippen LogP contribution in [0.15, 0.2) is 47.4 Å². The summed E-state index contributed by atoms with van der Waals surface area (Å²) in [6, 6.07) is 14.1. The van der Waals surface area contributed by atoms with Gasteiger partial charge in [0, 0.05) is 36.7 Å². The number of anilines is 1. The van der Waals surface area contributed by atoms with Crippen LogP contribution in [0.1, 0.15) is 75.0 Å². The maximum atomic E-state index is 14.0. The van der Waals surface area contributed by atoms with Crippen LogP contribution in [-0.4, -0.2) is 65.1 Å². The lowest BCUT2D eigenvalue weighted by Crippen LogP contribution is -2.43. The molecule has 0 aliphatic carbocycles. The number of aliphatic hydroxyl groups excluding tert-OH is 1. The van der Waals surface area contributed by atoms with E-state index in [9.17, 15) is 13.5 Å². The number of sulfone groups is 1. The second-order valence-corrected chi connectivity index (χ2v) is 14.0. The molecule has 0 amide bonds. The van der Waals surface area contributed by atoms with Crippen molar-refractivity contribution in [1.82, 2.24) is 0 Å². The molecule has 0 aromatic heterocycles. The van der Waals surface area contributed by atoms with E-state index in [0.29, 0.717) is 17.7 Å². The van der Waals surface area contributed by atoms with Crippen molar-refractivity contribution in [3.8, 4) is 0 Å². The molecule has 1 N–H and O–H groups in total. The Kier molecular flexibility index (Phi) is 8.95. The Labute approximate surface area is 219 Å². The summed E-state index contributed by atoms with van der Waals surface area (Å²) in [6.07, 6.45) is 4.40. The number of hydrogen-bond acceptors (Lipinski definition) is 4. The van der Waals surface area contributed by atoms with Crippen molar-refractivity contribution >= 4 is 15.5 Å². The van der Waals surface area contributed by atoms with Gasteiger partial charge >= 0.3 is 0 Å². The first-order valence-electron chi connectivity index (χ1n) is 13.4. The minimum absolute atomic E-state index is 0.00451. The summed E-state index contributed by atoms with van der Waals surface area (Å²) in [7, 11) is 6.84. The highest BCUT2D eigenvalue weighted by molar-refractivity contribution is 7.91. The van der Waals surface area contributed by atoms with Crippen LogP contribution in [0.5, 0.6) is 0 Å². The molecule has 0 bridgehead atoms. The van der Waals surface area contributed by atoms with Gasteiger partial charge < -0.3 is 14.5 Å². The van der Waals surface area contributed by atoms with Gasteiger partial charge in [-0.1, -0.05) is 57.7 Å². The van der Waals surface area contributed by atoms with Crippen LogP contribution in [0.2, 0.25) is 0 Å². The lowest BCUT2D eigenvalue weighted by atomic mass is 9.68. The first kappa shape index (κ1) is 28.7.